The second-order valence-electron chi connectivity index (χ2n) is 10.8. The molecule has 218 valence electrons. The molecule has 1 aromatic carbocycles. The van der Waals surface area contributed by atoms with Crippen molar-refractivity contribution < 1.29 is 19.4 Å². The van der Waals surface area contributed by atoms with E-state index in [0.717, 1.165) is 42.0 Å². The molecule has 0 aliphatic carbocycles. The lowest BCUT2D eigenvalue weighted by molar-refractivity contribution is -0.146. The molecule has 1 atom stereocenters. The van der Waals surface area contributed by atoms with Gasteiger partial charge in [0.2, 0.25) is 5.95 Å². The Balaban J connectivity index is 1.25. The first kappa shape index (κ1) is 28.7. The number of piperidine rings is 1. The van der Waals surface area contributed by atoms with E-state index < -0.39 is 11.4 Å². The molecule has 1 aliphatic rings. The van der Waals surface area contributed by atoms with Crippen LogP contribution in [0.1, 0.15) is 39.2 Å². The molecule has 1 saturated heterocycles. The van der Waals surface area contributed by atoms with Crippen LogP contribution in [0.15, 0.2) is 67.3 Å². The molecule has 0 amide bonds. The minimum atomic E-state index is -0.836. The Labute approximate surface area is 245 Å². The Morgan fingerprint density at radius 1 is 1.10 bits per heavy atom. The van der Waals surface area contributed by atoms with Crippen LogP contribution in [-0.2, 0) is 11.2 Å². The zero-order chi connectivity index (χ0) is 29.5. The van der Waals surface area contributed by atoms with E-state index in [1.165, 1.54) is 0 Å². The van der Waals surface area contributed by atoms with Crippen LogP contribution in [0.2, 0.25) is 0 Å². The summed E-state index contributed by atoms with van der Waals surface area (Å²) in [7, 11) is 0. The molecular weight excluding hydrogens is 534 g/mol. The standard InChI is InChI=1S/C31H35N7O4/c1-4-41-25-8-5-14-33-28(25)42-23-7-6-16-38(20-23)27-19-32-18-26(36-27)37-30-34-15-13-24(35-30)22-11-9-21(10-12-22)17-31(2,3)29(39)40/h5,8-15,18-19,23H,4,6-7,16-17,20H2,1-3H3,(H,39,40)(H,34,35,36,37). The number of benzene rings is 1. The summed E-state index contributed by atoms with van der Waals surface area (Å²) in [6.07, 6.45) is 8.99. The first-order chi connectivity index (χ1) is 20.3. The fourth-order valence-corrected chi connectivity index (χ4v) is 4.77. The Morgan fingerprint density at radius 3 is 2.71 bits per heavy atom. The van der Waals surface area contributed by atoms with Crippen LogP contribution in [0.3, 0.4) is 0 Å². The van der Waals surface area contributed by atoms with Crippen LogP contribution in [-0.4, -0.2) is 61.8 Å². The maximum Gasteiger partial charge on any atom is 0.309 e. The number of carbonyl (C=O) groups is 1. The van der Waals surface area contributed by atoms with E-state index in [1.54, 1.807) is 38.6 Å². The van der Waals surface area contributed by atoms with Crippen molar-refractivity contribution in [2.45, 2.75) is 46.1 Å². The van der Waals surface area contributed by atoms with Gasteiger partial charge in [0.05, 0.1) is 36.7 Å². The number of nitrogens with zero attached hydrogens (tertiary/aromatic N) is 6. The molecule has 11 nitrogen and oxygen atoms in total. The number of anilines is 3. The Bertz CT molecular complexity index is 1510. The van der Waals surface area contributed by atoms with Crippen molar-refractivity contribution in [3.05, 3.63) is 72.8 Å². The van der Waals surface area contributed by atoms with E-state index in [-0.39, 0.29) is 6.10 Å². The van der Waals surface area contributed by atoms with E-state index in [9.17, 15) is 9.90 Å². The molecule has 0 saturated carbocycles. The van der Waals surface area contributed by atoms with Gasteiger partial charge in [0, 0.05) is 24.5 Å². The molecule has 0 bridgehead atoms. The lowest BCUT2D eigenvalue weighted by Gasteiger charge is -2.33. The van der Waals surface area contributed by atoms with Crippen LogP contribution in [0, 0.1) is 5.41 Å². The monoisotopic (exact) mass is 569 g/mol. The SMILES string of the molecule is CCOc1cccnc1OC1CCCN(c2cncc(Nc3nccc(-c4ccc(CC(C)(C)C(=O)O)cc4)n3)n2)C1. The summed E-state index contributed by atoms with van der Waals surface area (Å²) < 4.78 is 11.9. The molecule has 1 unspecified atom stereocenters. The normalized spacial score (nSPS) is 15.2. The predicted octanol–water partition coefficient (Wildman–Crippen LogP) is 5.17. The number of aromatic nitrogens is 5. The van der Waals surface area contributed by atoms with Gasteiger partial charge in [-0.05, 0) is 63.8 Å². The summed E-state index contributed by atoms with van der Waals surface area (Å²) in [5.74, 6) is 1.98. The van der Waals surface area contributed by atoms with Crippen LogP contribution in [0.25, 0.3) is 11.3 Å². The average molecular weight is 570 g/mol. The van der Waals surface area contributed by atoms with E-state index in [0.29, 0.717) is 43.0 Å². The molecule has 1 aliphatic heterocycles. The molecule has 42 heavy (non-hydrogen) atoms. The van der Waals surface area contributed by atoms with E-state index in [4.69, 9.17) is 14.5 Å². The van der Waals surface area contributed by atoms with Crippen molar-refractivity contribution in [1.82, 2.24) is 24.9 Å². The minimum Gasteiger partial charge on any atom is -0.488 e. The van der Waals surface area contributed by atoms with E-state index >= 15 is 0 Å². The third-order valence-corrected chi connectivity index (χ3v) is 7.01. The van der Waals surface area contributed by atoms with Crippen molar-refractivity contribution in [3.8, 4) is 22.9 Å². The van der Waals surface area contributed by atoms with Crippen molar-refractivity contribution in [2.24, 2.45) is 5.41 Å². The molecule has 3 aromatic heterocycles. The predicted molar refractivity (Wildman–Crippen MR) is 159 cm³/mol. The number of aliphatic carboxylic acids is 1. The lowest BCUT2D eigenvalue weighted by atomic mass is 9.86. The highest BCUT2D eigenvalue weighted by Gasteiger charge is 2.27. The van der Waals surface area contributed by atoms with Crippen LogP contribution in [0.5, 0.6) is 11.6 Å². The third kappa shape index (κ3) is 7.09. The fraction of sp³-hybridized carbons (Fsp3) is 0.355. The Kier molecular flexibility index (Phi) is 8.75. The molecule has 0 spiro atoms. The highest BCUT2D eigenvalue weighted by atomic mass is 16.5. The summed E-state index contributed by atoms with van der Waals surface area (Å²) in [5.41, 5.74) is 1.75. The number of carboxylic acid groups (broad SMARTS) is 1. The van der Waals surface area contributed by atoms with Crippen molar-refractivity contribution in [3.63, 3.8) is 0 Å². The largest absolute Gasteiger partial charge is 0.488 e. The summed E-state index contributed by atoms with van der Waals surface area (Å²) in [6.45, 7) is 7.41. The maximum absolute atomic E-state index is 11.5. The van der Waals surface area contributed by atoms with Gasteiger partial charge in [-0.3, -0.25) is 9.78 Å². The molecule has 2 N–H and O–H groups in total. The summed E-state index contributed by atoms with van der Waals surface area (Å²) in [4.78, 5) is 36.2. The van der Waals surface area contributed by atoms with Gasteiger partial charge in [0.25, 0.3) is 5.88 Å². The van der Waals surface area contributed by atoms with Crippen molar-refractivity contribution in [2.75, 3.05) is 29.9 Å². The van der Waals surface area contributed by atoms with Crippen LogP contribution in [0.4, 0.5) is 17.6 Å². The van der Waals surface area contributed by atoms with E-state index in [2.05, 4.69) is 30.2 Å². The van der Waals surface area contributed by atoms with Gasteiger partial charge in [-0.1, -0.05) is 24.3 Å². The number of nitrogens with one attached hydrogen (secondary N) is 1. The molecule has 0 radical (unpaired) electrons. The van der Waals surface area contributed by atoms with Gasteiger partial charge in [-0.25, -0.2) is 19.9 Å². The number of ether oxygens (including phenoxy) is 2. The molecular formula is C31H35N7O4. The van der Waals surface area contributed by atoms with Crippen molar-refractivity contribution in [1.29, 1.82) is 0 Å². The number of rotatable bonds is 11. The topological polar surface area (TPSA) is 135 Å². The average Bonchev–Trinajstić information content (AvgIpc) is 2.99. The first-order valence-electron chi connectivity index (χ1n) is 14.0. The number of hydrogen-bond acceptors (Lipinski definition) is 10. The zero-order valence-corrected chi connectivity index (χ0v) is 24.0. The fourth-order valence-electron chi connectivity index (χ4n) is 4.77. The highest BCUT2D eigenvalue weighted by Crippen LogP contribution is 2.28. The zero-order valence-electron chi connectivity index (χ0n) is 24.0. The summed E-state index contributed by atoms with van der Waals surface area (Å²) in [5, 5.41) is 12.6. The minimum absolute atomic E-state index is 0.0622. The third-order valence-electron chi connectivity index (χ3n) is 7.01. The maximum atomic E-state index is 11.5. The lowest BCUT2D eigenvalue weighted by Crippen LogP contribution is -2.41. The van der Waals surface area contributed by atoms with Gasteiger partial charge >= 0.3 is 5.97 Å². The van der Waals surface area contributed by atoms with Gasteiger partial charge in [-0.15, -0.1) is 0 Å². The number of carboxylic acids is 1. The second kappa shape index (κ2) is 12.8. The smallest absolute Gasteiger partial charge is 0.309 e. The Morgan fingerprint density at radius 2 is 1.93 bits per heavy atom. The molecule has 5 rings (SSSR count). The van der Waals surface area contributed by atoms with Gasteiger partial charge < -0.3 is 24.8 Å². The molecule has 4 aromatic rings. The van der Waals surface area contributed by atoms with Gasteiger partial charge in [-0.2, -0.15) is 0 Å². The van der Waals surface area contributed by atoms with Crippen molar-refractivity contribution >= 4 is 23.6 Å². The van der Waals surface area contributed by atoms with Gasteiger partial charge in [0.15, 0.2) is 11.6 Å². The van der Waals surface area contributed by atoms with E-state index in [1.807, 2.05) is 49.4 Å². The number of pyridine rings is 1. The molecule has 4 heterocycles. The first-order valence-corrected chi connectivity index (χ1v) is 14.0. The second-order valence-corrected chi connectivity index (χ2v) is 10.8. The highest BCUT2D eigenvalue weighted by molar-refractivity contribution is 5.74. The Hall–Kier alpha value is -4.80. The molecule has 1 fully saturated rings. The number of hydrogen-bond donors (Lipinski definition) is 2. The summed E-state index contributed by atoms with van der Waals surface area (Å²) >= 11 is 0. The quantitative estimate of drug-likeness (QED) is 0.247. The van der Waals surface area contributed by atoms with Crippen LogP contribution >= 0.6 is 0 Å². The van der Waals surface area contributed by atoms with Gasteiger partial charge in [0.1, 0.15) is 11.9 Å². The molecule has 11 heteroatoms. The van der Waals surface area contributed by atoms with Crippen LogP contribution < -0.4 is 19.7 Å². The summed E-state index contributed by atoms with van der Waals surface area (Å²) in [6, 6.07) is 13.3.